The van der Waals surface area contributed by atoms with E-state index in [1.165, 1.54) is 64.2 Å². The Morgan fingerprint density at radius 3 is 1.27 bits per heavy atom. The van der Waals surface area contributed by atoms with Gasteiger partial charge in [0.15, 0.2) is 6.10 Å². The van der Waals surface area contributed by atoms with Crippen molar-refractivity contribution in [2.24, 2.45) is 11.8 Å². The van der Waals surface area contributed by atoms with Gasteiger partial charge in [0.2, 0.25) is 0 Å². The van der Waals surface area contributed by atoms with Gasteiger partial charge < -0.3 is 23.4 Å². The second-order valence-electron chi connectivity index (χ2n) is 21.0. The van der Waals surface area contributed by atoms with Crippen molar-refractivity contribution in [3.63, 3.8) is 0 Å². The Labute approximate surface area is 428 Å². The number of esters is 4. The van der Waals surface area contributed by atoms with E-state index in [1.807, 2.05) is 36.4 Å². The monoisotopic (exact) mass is 993 g/mol. The van der Waals surface area contributed by atoms with Crippen molar-refractivity contribution in [2.75, 3.05) is 26.4 Å². The summed E-state index contributed by atoms with van der Waals surface area (Å²) in [5.41, 5.74) is 0. The number of rotatable bonds is 43. The van der Waals surface area contributed by atoms with E-state index in [4.69, 9.17) is 23.4 Å². The Hall–Kier alpha value is -3.50. The summed E-state index contributed by atoms with van der Waals surface area (Å²) in [5, 5.41) is 1.59. The van der Waals surface area contributed by atoms with Crippen molar-refractivity contribution >= 4 is 42.6 Å². The number of unbranched alkanes of at least 4 members (excludes halogenated alkanes) is 16. The fourth-order valence-electron chi connectivity index (χ4n) is 9.62. The van der Waals surface area contributed by atoms with Crippen LogP contribution in [0.4, 0.5) is 0 Å². The van der Waals surface area contributed by atoms with Crippen LogP contribution in [0, 0.1) is 11.8 Å². The van der Waals surface area contributed by atoms with Gasteiger partial charge in [0.1, 0.15) is 0 Å². The fourth-order valence-corrected chi connectivity index (χ4v) is 14.2. The quantitative estimate of drug-likeness (QED) is 0.0277. The minimum absolute atomic E-state index is 0.102. The number of carbonyl (C=O) groups excluding carboxylic acids is 4. The molecule has 0 heterocycles. The lowest BCUT2D eigenvalue weighted by atomic mass is 9.97. The van der Waals surface area contributed by atoms with Crippen LogP contribution >= 0.6 is 0 Å². The van der Waals surface area contributed by atoms with E-state index in [1.54, 1.807) is 0 Å². The zero-order valence-corrected chi connectivity index (χ0v) is 46.5. The molecule has 0 spiro atoms. The first-order valence-electron chi connectivity index (χ1n) is 28.3. The zero-order chi connectivity index (χ0) is 51.1. The summed E-state index contributed by atoms with van der Waals surface area (Å²) in [6.45, 7) is 16.8. The molecule has 0 aliphatic carbocycles. The van der Waals surface area contributed by atoms with Gasteiger partial charge in [-0.2, -0.15) is 0 Å². The molecule has 0 radical (unpaired) electrons. The Kier molecular flexibility index (Phi) is 35.0. The molecule has 2 aromatic carbocycles. The number of carbonyl (C=O) groups is 4. The molecule has 0 aromatic heterocycles. The molecule has 0 saturated heterocycles. The summed E-state index contributed by atoms with van der Waals surface area (Å²) in [6.07, 6.45) is 27.0. The molecular formula is C60H100O9Si. The highest BCUT2D eigenvalue weighted by Gasteiger charge is 2.53. The molecule has 0 aliphatic heterocycles. The van der Waals surface area contributed by atoms with Crippen LogP contribution in [-0.2, 0) is 42.6 Å². The number of ether oxygens (including phenoxy) is 4. The van der Waals surface area contributed by atoms with E-state index in [-0.39, 0.29) is 31.6 Å². The minimum atomic E-state index is -3.22. The predicted octanol–water partition coefficient (Wildman–Crippen LogP) is 14.7. The Morgan fingerprint density at radius 1 is 0.443 bits per heavy atom. The molecule has 9 nitrogen and oxygen atoms in total. The summed E-state index contributed by atoms with van der Waals surface area (Å²) < 4.78 is 30.2. The first-order valence-corrected chi connectivity index (χ1v) is 30.2. The van der Waals surface area contributed by atoms with Crippen molar-refractivity contribution in [3.8, 4) is 0 Å². The molecule has 0 saturated carbocycles. The van der Waals surface area contributed by atoms with Gasteiger partial charge in [-0.15, -0.1) is 0 Å². The highest BCUT2D eigenvalue weighted by Crippen LogP contribution is 2.38. The van der Waals surface area contributed by atoms with Crippen LogP contribution in [0.25, 0.3) is 0 Å². The third kappa shape index (κ3) is 26.8. The number of benzene rings is 2. The Bertz CT molecular complexity index is 1590. The van der Waals surface area contributed by atoms with E-state index in [0.29, 0.717) is 50.7 Å². The SMILES string of the molecule is CCCCCCCC(CCC)COC(=O)CCCCCCCOC(=O)CC(O[Si](c1ccccc1)(c1ccccc1)C(C)(C)C)C(=O)OCCCCCCCC(=O)OCC(CCC)CCCCCCC. The van der Waals surface area contributed by atoms with Crippen LogP contribution in [0.2, 0.25) is 5.04 Å². The smallest absolute Gasteiger partial charge is 0.334 e. The van der Waals surface area contributed by atoms with Crippen LogP contribution in [-0.4, -0.2) is 64.7 Å². The summed E-state index contributed by atoms with van der Waals surface area (Å²) in [7, 11) is -3.22. The first kappa shape index (κ1) is 62.6. The van der Waals surface area contributed by atoms with Gasteiger partial charge in [-0.3, -0.25) is 14.4 Å². The molecule has 2 rings (SSSR count). The molecule has 3 atom stereocenters. The van der Waals surface area contributed by atoms with Crippen LogP contribution in [0.1, 0.15) is 235 Å². The minimum Gasteiger partial charge on any atom is -0.466 e. The van der Waals surface area contributed by atoms with Gasteiger partial charge in [-0.1, -0.05) is 225 Å². The van der Waals surface area contributed by atoms with Crippen molar-refractivity contribution in [1.29, 1.82) is 0 Å². The van der Waals surface area contributed by atoms with E-state index < -0.39 is 31.4 Å². The maximum atomic E-state index is 14.1. The van der Waals surface area contributed by atoms with Gasteiger partial charge in [0.05, 0.1) is 32.8 Å². The summed E-state index contributed by atoms with van der Waals surface area (Å²) in [4.78, 5) is 52.7. The molecular weight excluding hydrogens is 893 g/mol. The average Bonchev–Trinajstić information content (AvgIpc) is 3.35. The lowest BCUT2D eigenvalue weighted by molar-refractivity contribution is -0.159. The van der Waals surface area contributed by atoms with Crippen LogP contribution < -0.4 is 10.4 Å². The molecule has 70 heavy (non-hydrogen) atoms. The second kappa shape index (κ2) is 39.1. The van der Waals surface area contributed by atoms with Gasteiger partial charge >= 0.3 is 23.9 Å². The van der Waals surface area contributed by atoms with Gasteiger partial charge in [-0.05, 0) is 78.6 Å². The maximum absolute atomic E-state index is 14.1. The molecule has 10 heteroatoms. The molecule has 0 fully saturated rings. The maximum Gasteiger partial charge on any atom is 0.334 e. The second-order valence-corrected chi connectivity index (χ2v) is 25.2. The molecule has 0 aliphatic rings. The Morgan fingerprint density at radius 2 is 0.843 bits per heavy atom. The topological polar surface area (TPSA) is 114 Å². The van der Waals surface area contributed by atoms with Crippen molar-refractivity contribution in [1.82, 2.24) is 0 Å². The lowest BCUT2D eigenvalue weighted by Gasteiger charge is -2.44. The number of hydrogen-bond donors (Lipinski definition) is 0. The van der Waals surface area contributed by atoms with E-state index in [0.717, 1.165) is 100 Å². The fraction of sp³-hybridized carbons (Fsp3) is 0.733. The van der Waals surface area contributed by atoms with Gasteiger partial charge in [0, 0.05) is 12.8 Å². The highest BCUT2D eigenvalue weighted by atomic mass is 28.4. The third-order valence-electron chi connectivity index (χ3n) is 13.7. The highest BCUT2D eigenvalue weighted by molar-refractivity contribution is 6.99. The van der Waals surface area contributed by atoms with Gasteiger partial charge in [0.25, 0.3) is 8.32 Å². The molecule has 0 amide bonds. The van der Waals surface area contributed by atoms with E-state index in [2.05, 4.69) is 72.7 Å². The van der Waals surface area contributed by atoms with Crippen LogP contribution in [0.5, 0.6) is 0 Å². The lowest BCUT2D eigenvalue weighted by Crippen LogP contribution is -2.68. The van der Waals surface area contributed by atoms with Gasteiger partial charge in [-0.25, -0.2) is 4.79 Å². The van der Waals surface area contributed by atoms with Crippen LogP contribution in [0.3, 0.4) is 0 Å². The molecule has 2 aromatic rings. The molecule has 398 valence electrons. The first-order chi connectivity index (χ1) is 33.9. The average molecular weight is 994 g/mol. The van der Waals surface area contributed by atoms with E-state index >= 15 is 0 Å². The summed E-state index contributed by atoms with van der Waals surface area (Å²) in [5.74, 6) is -0.343. The predicted molar refractivity (Wildman–Crippen MR) is 290 cm³/mol. The van der Waals surface area contributed by atoms with Crippen LogP contribution in [0.15, 0.2) is 60.7 Å². The summed E-state index contributed by atoms with van der Waals surface area (Å²) >= 11 is 0. The standard InChI is InChI=1S/C60H100O9Si/c1-8-12-14-18-26-38-51(36-10-3)49-67-56(61)44-32-20-16-22-34-46-65-58(63)48-55(69-70(60(5,6)7,53-40-28-24-29-41-53)54-42-30-25-31-43-54)59(64)66-47-35-23-17-21-33-45-57(62)68-50-52(37-11-4)39-27-19-15-13-9-2/h24-25,28-31,40-43,51-52,55H,8-23,26-27,32-39,44-50H2,1-7H3. The van der Waals surface area contributed by atoms with Crippen molar-refractivity contribution < 1.29 is 42.6 Å². The normalized spacial score (nSPS) is 13.1. The van der Waals surface area contributed by atoms with Crippen molar-refractivity contribution in [2.45, 2.75) is 246 Å². The van der Waals surface area contributed by atoms with Crippen molar-refractivity contribution in [3.05, 3.63) is 60.7 Å². The number of hydrogen-bond acceptors (Lipinski definition) is 9. The molecule has 0 bridgehead atoms. The zero-order valence-electron chi connectivity index (χ0n) is 45.5. The third-order valence-corrected chi connectivity index (χ3v) is 18.7. The van der Waals surface area contributed by atoms with E-state index in [9.17, 15) is 19.2 Å². The summed E-state index contributed by atoms with van der Waals surface area (Å²) in [6, 6.07) is 20.2. The Balaban J connectivity index is 1.91. The molecule has 0 N–H and O–H groups in total. The molecule has 3 unspecified atom stereocenters. The largest absolute Gasteiger partial charge is 0.466 e.